The second kappa shape index (κ2) is 8.21. The molecule has 1 spiro atoms. The molecular formula is C22H32N4O2. The van der Waals surface area contributed by atoms with Crippen molar-refractivity contribution in [1.82, 2.24) is 20.0 Å². The monoisotopic (exact) mass is 384 g/mol. The molecule has 28 heavy (non-hydrogen) atoms. The molecule has 152 valence electrons. The van der Waals surface area contributed by atoms with E-state index in [0.717, 1.165) is 58.5 Å². The molecule has 3 saturated heterocycles. The van der Waals surface area contributed by atoms with Crippen molar-refractivity contribution in [3.8, 4) is 0 Å². The highest BCUT2D eigenvalue weighted by Gasteiger charge is 2.54. The van der Waals surface area contributed by atoms with Crippen molar-refractivity contribution < 1.29 is 9.59 Å². The fourth-order valence-corrected chi connectivity index (χ4v) is 4.93. The van der Waals surface area contributed by atoms with Crippen LogP contribution in [0, 0.1) is 0 Å². The van der Waals surface area contributed by atoms with Crippen LogP contribution < -0.4 is 5.32 Å². The zero-order chi connectivity index (χ0) is 19.6. The van der Waals surface area contributed by atoms with E-state index in [4.69, 9.17) is 0 Å². The average Bonchev–Trinajstić information content (AvgIpc) is 2.98. The van der Waals surface area contributed by atoms with E-state index in [1.807, 2.05) is 6.07 Å². The lowest BCUT2D eigenvalue weighted by atomic mass is 9.87. The summed E-state index contributed by atoms with van der Waals surface area (Å²) in [6.45, 7) is 7.71. The number of urea groups is 1. The van der Waals surface area contributed by atoms with Crippen LogP contribution in [-0.4, -0.2) is 77.5 Å². The maximum absolute atomic E-state index is 13.3. The molecule has 3 amide bonds. The summed E-state index contributed by atoms with van der Waals surface area (Å²) in [6.07, 6.45) is 4.43. The summed E-state index contributed by atoms with van der Waals surface area (Å²) >= 11 is 0. The number of carbonyl (C=O) groups excluding carboxylic acids is 2. The van der Waals surface area contributed by atoms with Crippen LogP contribution in [0.15, 0.2) is 30.3 Å². The molecule has 0 bridgehead atoms. The molecule has 3 aliphatic heterocycles. The molecular weight excluding hydrogens is 352 g/mol. The van der Waals surface area contributed by atoms with Crippen molar-refractivity contribution in [3.05, 3.63) is 35.9 Å². The van der Waals surface area contributed by atoms with Gasteiger partial charge in [-0.15, -0.1) is 0 Å². The minimum Gasteiger partial charge on any atom is -0.323 e. The molecule has 0 unspecified atom stereocenters. The SMILES string of the molecule is CCN1CCC[C@H](N2C(=O)NC3(CCN(CCc4ccccc4)CC3)C2=O)C1. The van der Waals surface area contributed by atoms with Crippen molar-refractivity contribution in [2.24, 2.45) is 0 Å². The lowest BCUT2D eigenvalue weighted by Crippen LogP contribution is -2.56. The number of hydrogen-bond donors (Lipinski definition) is 1. The first-order chi connectivity index (χ1) is 13.6. The molecule has 1 N–H and O–H groups in total. The molecule has 1 atom stereocenters. The molecule has 3 aliphatic rings. The lowest BCUT2D eigenvalue weighted by molar-refractivity contribution is -0.135. The number of amides is 3. The Bertz CT molecular complexity index is 700. The summed E-state index contributed by atoms with van der Waals surface area (Å²) in [7, 11) is 0. The van der Waals surface area contributed by atoms with Gasteiger partial charge in [0, 0.05) is 26.2 Å². The lowest BCUT2D eigenvalue weighted by Gasteiger charge is -2.39. The number of benzene rings is 1. The molecule has 1 aromatic carbocycles. The standard InChI is InChI=1S/C22H32N4O2/c1-2-24-13-6-9-19(17-24)26-20(27)22(23-21(26)28)11-15-25(16-12-22)14-10-18-7-4-3-5-8-18/h3-5,7-8,19H,2,6,9-17H2,1H3,(H,23,28)/t19-/m0/s1. The van der Waals surface area contributed by atoms with Gasteiger partial charge in [0.2, 0.25) is 0 Å². The topological polar surface area (TPSA) is 55.9 Å². The van der Waals surface area contributed by atoms with Crippen LogP contribution in [0.2, 0.25) is 0 Å². The molecule has 6 nitrogen and oxygen atoms in total. The molecule has 0 aromatic heterocycles. The fourth-order valence-electron chi connectivity index (χ4n) is 4.93. The Morgan fingerprint density at radius 2 is 1.82 bits per heavy atom. The third-order valence-electron chi connectivity index (χ3n) is 6.76. The Kier molecular flexibility index (Phi) is 5.69. The van der Waals surface area contributed by atoms with Crippen molar-refractivity contribution in [1.29, 1.82) is 0 Å². The van der Waals surface area contributed by atoms with E-state index in [1.165, 1.54) is 5.56 Å². The Morgan fingerprint density at radius 1 is 1.07 bits per heavy atom. The molecule has 1 aromatic rings. The zero-order valence-corrected chi connectivity index (χ0v) is 16.9. The predicted octanol–water partition coefficient (Wildman–Crippen LogP) is 2.10. The van der Waals surface area contributed by atoms with Gasteiger partial charge in [0.15, 0.2) is 0 Å². The van der Waals surface area contributed by atoms with Gasteiger partial charge in [0.1, 0.15) is 5.54 Å². The highest BCUT2D eigenvalue weighted by atomic mass is 16.2. The third kappa shape index (κ3) is 3.80. The Labute approximate surface area is 167 Å². The van der Waals surface area contributed by atoms with Gasteiger partial charge in [-0.2, -0.15) is 0 Å². The number of carbonyl (C=O) groups is 2. The number of rotatable bonds is 5. The van der Waals surface area contributed by atoms with Gasteiger partial charge in [0.25, 0.3) is 5.91 Å². The summed E-state index contributed by atoms with van der Waals surface area (Å²) < 4.78 is 0. The van der Waals surface area contributed by atoms with E-state index in [1.54, 1.807) is 4.90 Å². The fraction of sp³-hybridized carbons (Fsp3) is 0.636. The van der Waals surface area contributed by atoms with Crippen molar-refractivity contribution in [2.45, 2.75) is 50.6 Å². The number of nitrogens with zero attached hydrogens (tertiary/aromatic N) is 3. The number of nitrogens with one attached hydrogen (secondary N) is 1. The largest absolute Gasteiger partial charge is 0.325 e. The van der Waals surface area contributed by atoms with E-state index in [0.29, 0.717) is 12.8 Å². The van der Waals surface area contributed by atoms with Crippen LogP contribution in [-0.2, 0) is 11.2 Å². The van der Waals surface area contributed by atoms with Gasteiger partial charge in [0.05, 0.1) is 6.04 Å². The van der Waals surface area contributed by atoms with Crippen LogP contribution >= 0.6 is 0 Å². The van der Waals surface area contributed by atoms with Crippen molar-refractivity contribution in [2.75, 3.05) is 39.3 Å². The van der Waals surface area contributed by atoms with Crippen molar-refractivity contribution in [3.63, 3.8) is 0 Å². The normalized spacial score (nSPS) is 26.0. The van der Waals surface area contributed by atoms with Gasteiger partial charge in [-0.05, 0) is 50.8 Å². The van der Waals surface area contributed by atoms with E-state index in [9.17, 15) is 9.59 Å². The molecule has 3 fully saturated rings. The van der Waals surface area contributed by atoms with Crippen LogP contribution in [0.5, 0.6) is 0 Å². The number of likely N-dealkylation sites (tertiary alicyclic amines) is 2. The number of likely N-dealkylation sites (N-methyl/N-ethyl adjacent to an activating group) is 1. The van der Waals surface area contributed by atoms with Gasteiger partial charge < -0.3 is 15.1 Å². The van der Waals surface area contributed by atoms with E-state index in [-0.39, 0.29) is 18.0 Å². The van der Waals surface area contributed by atoms with Gasteiger partial charge in [-0.1, -0.05) is 37.3 Å². The highest BCUT2D eigenvalue weighted by Crippen LogP contribution is 2.32. The maximum atomic E-state index is 13.3. The minimum atomic E-state index is -0.672. The first-order valence-corrected chi connectivity index (χ1v) is 10.8. The summed E-state index contributed by atoms with van der Waals surface area (Å²) in [6, 6.07) is 10.4. The highest BCUT2D eigenvalue weighted by molar-refractivity contribution is 6.07. The van der Waals surface area contributed by atoms with E-state index < -0.39 is 5.54 Å². The van der Waals surface area contributed by atoms with Crippen LogP contribution in [0.1, 0.15) is 38.2 Å². The van der Waals surface area contributed by atoms with E-state index >= 15 is 0 Å². The Balaban J connectivity index is 1.34. The second-order valence-corrected chi connectivity index (χ2v) is 8.45. The third-order valence-corrected chi connectivity index (χ3v) is 6.76. The molecule has 3 heterocycles. The molecule has 4 rings (SSSR count). The smallest absolute Gasteiger partial charge is 0.323 e. The van der Waals surface area contributed by atoms with Gasteiger partial charge in [-0.3, -0.25) is 9.69 Å². The summed E-state index contributed by atoms with van der Waals surface area (Å²) in [4.78, 5) is 32.3. The summed E-state index contributed by atoms with van der Waals surface area (Å²) in [5.41, 5.74) is 0.673. The number of piperidine rings is 2. The first kappa shape index (κ1) is 19.4. The predicted molar refractivity (Wildman–Crippen MR) is 109 cm³/mol. The maximum Gasteiger partial charge on any atom is 0.325 e. The minimum absolute atomic E-state index is 0.0168. The molecule has 0 aliphatic carbocycles. The number of hydrogen-bond acceptors (Lipinski definition) is 4. The number of imide groups is 1. The van der Waals surface area contributed by atoms with Gasteiger partial charge in [-0.25, -0.2) is 4.79 Å². The molecule has 6 heteroatoms. The van der Waals surface area contributed by atoms with Crippen LogP contribution in [0.4, 0.5) is 4.79 Å². The van der Waals surface area contributed by atoms with Crippen LogP contribution in [0.3, 0.4) is 0 Å². The molecule has 0 radical (unpaired) electrons. The average molecular weight is 385 g/mol. The zero-order valence-electron chi connectivity index (χ0n) is 16.9. The van der Waals surface area contributed by atoms with E-state index in [2.05, 4.69) is 46.3 Å². The Morgan fingerprint density at radius 3 is 2.54 bits per heavy atom. The Hall–Kier alpha value is -1.92. The first-order valence-electron chi connectivity index (χ1n) is 10.8. The quantitative estimate of drug-likeness (QED) is 0.790. The van der Waals surface area contributed by atoms with Crippen molar-refractivity contribution >= 4 is 11.9 Å². The van der Waals surface area contributed by atoms with Gasteiger partial charge >= 0.3 is 6.03 Å². The molecule has 0 saturated carbocycles. The summed E-state index contributed by atoms with van der Waals surface area (Å²) in [5.74, 6) is 0.0168. The van der Waals surface area contributed by atoms with Crippen LogP contribution in [0.25, 0.3) is 0 Å². The second-order valence-electron chi connectivity index (χ2n) is 8.45. The summed E-state index contributed by atoms with van der Waals surface area (Å²) in [5, 5.41) is 3.09.